The summed E-state index contributed by atoms with van der Waals surface area (Å²) in [6.45, 7) is 6.41. The zero-order valence-corrected chi connectivity index (χ0v) is 19.2. The lowest BCUT2D eigenvalue weighted by Gasteiger charge is -2.26. The summed E-state index contributed by atoms with van der Waals surface area (Å²) in [5.41, 5.74) is 6.16. The zero-order valence-electron chi connectivity index (χ0n) is 19.2. The van der Waals surface area contributed by atoms with Crippen molar-refractivity contribution in [1.29, 1.82) is 0 Å². The summed E-state index contributed by atoms with van der Waals surface area (Å²) < 4.78 is 0. The van der Waals surface area contributed by atoms with Crippen molar-refractivity contribution < 1.29 is 34.5 Å². The molecule has 11 nitrogen and oxygen atoms in total. The minimum absolute atomic E-state index is 0.0134. The standard InChI is InChI=1S/C22H34N4O7/c1-11(2)9-16(24-19(29)12(3)23)20(30)25-17(10-14-5-7-15(28)8-6-14)21(31)26-18(13(4)27)22(32)33/h5-8,11-13,16-18,27-28H,9-10,23H2,1-4H3,(H,24,29)(H,25,30)(H,26,31)(H,32,33). The fourth-order valence-electron chi connectivity index (χ4n) is 3.00. The number of aliphatic hydroxyl groups is 1. The van der Waals surface area contributed by atoms with Gasteiger partial charge >= 0.3 is 5.97 Å². The lowest BCUT2D eigenvalue weighted by molar-refractivity contribution is -0.145. The number of amides is 3. The number of nitrogens with two attached hydrogens (primary N) is 1. The van der Waals surface area contributed by atoms with E-state index in [0.717, 1.165) is 0 Å². The highest BCUT2D eigenvalue weighted by Crippen LogP contribution is 2.13. The van der Waals surface area contributed by atoms with E-state index in [2.05, 4.69) is 16.0 Å². The maximum atomic E-state index is 13.0. The second-order valence-corrected chi connectivity index (χ2v) is 8.48. The number of benzene rings is 1. The molecule has 0 aromatic heterocycles. The Morgan fingerprint density at radius 3 is 1.85 bits per heavy atom. The van der Waals surface area contributed by atoms with E-state index in [1.807, 2.05) is 13.8 Å². The van der Waals surface area contributed by atoms with E-state index in [-0.39, 0.29) is 24.5 Å². The van der Waals surface area contributed by atoms with Crippen LogP contribution in [0.5, 0.6) is 5.75 Å². The third-order valence-electron chi connectivity index (χ3n) is 4.81. The van der Waals surface area contributed by atoms with E-state index in [0.29, 0.717) is 5.56 Å². The molecule has 0 aliphatic heterocycles. The van der Waals surface area contributed by atoms with Gasteiger partial charge in [-0.25, -0.2) is 4.79 Å². The molecular weight excluding hydrogens is 432 g/mol. The van der Waals surface area contributed by atoms with Crippen LogP contribution in [0.3, 0.4) is 0 Å². The predicted molar refractivity (Wildman–Crippen MR) is 120 cm³/mol. The normalized spacial score (nSPS) is 15.6. The summed E-state index contributed by atoms with van der Waals surface area (Å²) in [6.07, 6.45) is -1.13. The maximum Gasteiger partial charge on any atom is 0.328 e. The van der Waals surface area contributed by atoms with Crippen LogP contribution >= 0.6 is 0 Å². The molecule has 0 spiro atoms. The van der Waals surface area contributed by atoms with Gasteiger partial charge in [0.25, 0.3) is 0 Å². The van der Waals surface area contributed by atoms with Crippen LogP contribution in [0.15, 0.2) is 24.3 Å². The van der Waals surface area contributed by atoms with Crippen molar-refractivity contribution in [3.8, 4) is 5.75 Å². The predicted octanol–water partition coefficient (Wildman–Crippen LogP) is -0.752. The molecule has 3 amide bonds. The molecule has 5 unspecified atom stereocenters. The Balaban J connectivity index is 3.14. The molecule has 1 rings (SSSR count). The number of rotatable bonds is 12. The smallest absolute Gasteiger partial charge is 0.328 e. The Morgan fingerprint density at radius 2 is 1.39 bits per heavy atom. The largest absolute Gasteiger partial charge is 0.508 e. The lowest BCUT2D eigenvalue weighted by Crippen LogP contribution is -2.58. The molecule has 5 atom stereocenters. The number of carboxylic acids is 1. The number of phenolic OH excluding ortho intramolecular Hbond substituents is 1. The monoisotopic (exact) mass is 466 g/mol. The van der Waals surface area contributed by atoms with Crippen molar-refractivity contribution in [3.05, 3.63) is 29.8 Å². The first kappa shape index (κ1) is 27.9. The first-order chi connectivity index (χ1) is 15.3. The quantitative estimate of drug-likeness (QED) is 0.209. The number of aliphatic hydroxyl groups excluding tert-OH is 1. The van der Waals surface area contributed by atoms with Gasteiger partial charge in [-0.05, 0) is 43.9 Å². The molecule has 11 heteroatoms. The topological polar surface area (TPSA) is 191 Å². The summed E-state index contributed by atoms with van der Waals surface area (Å²) in [4.78, 5) is 49.3. The number of aliphatic carboxylic acids is 1. The highest BCUT2D eigenvalue weighted by molar-refractivity contribution is 5.94. The number of carboxylic acid groups (broad SMARTS) is 1. The molecule has 0 saturated carbocycles. The van der Waals surface area contributed by atoms with E-state index in [4.69, 9.17) is 5.73 Å². The van der Waals surface area contributed by atoms with Crippen molar-refractivity contribution in [2.24, 2.45) is 11.7 Å². The van der Waals surface area contributed by atoms with Crippen LogP contribution in [0.25, 0.3) is 0 Å². The Labute approximate surface area is 192 Å². The highest BCUT2D eigenvalue weighted by Gasteiger charge is 2.32. The van der Waals surface area contributed by atoms with Gasteiger partial charge in [0.2, 0.25) is 17.7 Å². The molecule has 1 aromatic carbocycles. The summed E-state index contributed by atoms with van der Waals surface area (Å²) in [6, 6.07) is 1.31. The van der Waals surface area contributed by atoms with Gasteiger partial charge < -0.3 is 37.0 Å². The Hall–Kier alpha value is -3.18. The number of carbonyl (C=O) groups is 4. The fourth-order valence-corrected chi connectivity index (χ4v) is 3.00. The van der Waals surface area contributed by atoms with Gasteiger partial charge in [-0.15, -0.1) is 0 Å². The number of aromatic hydroxyl groups is 1. The van der Waals surface area contributed by atoms with Gasteiger partial charge in [0.05, 0.1) is 12.1 Å². The molecule has 1 aromatic rings. The minimum Gasteiger partial charge on any atom is -0.508 e. The molecule has 0 bridgehead atoms. The molecule has 0 saturated heterocycles. The Morgan fingerprint density at radius 1 is 0.879 bits per heavy atom. The number of hydrogen-bond donors (Lipinski definition) is 7. The SMILES string of the molecule is CC(C)CC(NC(=O)C(C)N)C(=O)NC(Cc1ccc(O)cc1)C(=O)NC(C(=O)O)C(C)O. The van der Waals surface area contributed by atoms with Crippen molar-refractivity contribution in [2.75, 3.05) is 0 Å². The minimum atomic E-state index is -1.58. The van der Waals surface area contributed by atoms with E-state index < -0.39 is 54.0 Å². The van der Waals surface area contributed by atoms with E-state index >= 15 is 0 Å². The van der Waals surface area contributed by atoms with Crippen LogP contribution in [-0.4, -0.2) is 69.3 Å². The zero-order chi connectivity index (χ0) is 25.3. The van der Waals surface area contributed by atoms with E-state index in [1.165, 1.54) is 26.0 Å². The number of hydrogen-bond acceptors (Lipinski definition) is 7. The fraction of sp³-hybridized carbons (Fsp3) is 0.545. The lowest BCUT2D eigenvalue weighted by atomic mass is 10.0. The van der Waals surface area contributed by atoms with Crippen LogP contribution in [-0.2, 0) is 25.6 Å². The second-order valence-electron chi connectivity index (χ2n) is 8.48. The molecule has 184 valence electrons. The van der Waals surface area contributed by atoms with Gasteiger partial charge in [0.1, 0.15) is 17.8 Å². The van der Waals surface area contributed by atoms with Crippen molar-refractivity contribution in [3.63, 3.8) is 0 Å². The maximum absolute atomic E-state index is 13.0. The van der Waals surface area contributed by atoms with Crippen LogP contribution < -0.4 is 21.7 Å². The summed E-state index contributed by atoms with van der Waals surface area (Å²) >= 11 is 0. The van der Waals surface area contributed by atoms with Gasteiger partial charge in [-0.2, -0.15) is 0 Å². The van der Waals surface area contributed by atoms with Gasteiger partial charge in [0, 0.05) is 6.42 Å². The van der Waals surface area contributed by atoms with E-state index in [1.54, 1.807) is 12.1 Å². The van der Waals surface area contributed by atoms with Crippen LogP contribution in [0, 0.1) is 5.92 Å². The van der Waals surface area contributed by atoms with Gasteiger partial charge in [-0.1, -0.05) is 26.0 Å². The number of nitrogens with one attached hydrogen (secondary N) is 3. The van der Waals surface area contributed by atoms with Gasteiger partial charge in [0.15, 0.2) is 6.04 Å². The van der Waals surface area contributed by atoms with Crippen LogP contribution in [0.4, 0.5) is 0 Å². The van der Waals surface area contributed by atoms with Crippen molar-refractivity contribution in [2.45, 2.75) is 70.8 Å². The first-order valence-corrected chi connectivity index (χ1v) is 10.7. The van der Waals surface area contributed by atoms with Gasteiger partial charge in [-0.3, -0.25) is 14.4 Å². The number of carbonyl (C=O) groups excluding carboxylic acids is 3. The molecule has 0 radical (unpaired) electrons. The number of phenols is 1. The third-order valence-corrected chi connectivity index (χ3v) is 4.81. The Kier molecular flexibility index (Phi) is 10.8. The Bertz CT molecular complexity index is 825. The molecule has 33 heavy (non-hydrogen) atoms. The van der Waals surface area contributed by atoms with Crippen molar-refractivity contribution >= 4 is 23.7 Å². The third kappa shape index (κ3) is 9.46. The molecule has 0 fully saturated rings. The average Bonchev–Trinajstić information content (AvgIpc) is 2.71. The summed E-state index contributed by atoms with van der Waals surface area (Å²) in [7, 11) is 0. The molecule has 8 N–H and O–H groups in total. The average molecular weight is 467 g/mol. The van der Waals surface area contributed by atoms with Crippen LogP contribution in [0.1, 0.15) is 39.7 Å². The molecular formula is C22H34N4O7. The second kappa shape index (κ2) is 12.8. The van der Waals surface area contributed by atoms with E-state index in [9.17, 15) is 34.5 Å². The molecule has 0 heterocycles. The van der Waals surface area contributed by atoms with Crippen LogP contribution in [0.2, 0.25) is 0 Å². The molecule has 0 aliphatic rings. The van der Waals surface area contributed by atoms with Crippen molar-refractivity contribution in [1.82, 2.24) is 16.0 Å². The summed E-state index contributed by atoms with van der Waals surface area (Å²) in [5.74, 6) is -3.39. The first-order valence-electron chi connectivity index (χ1n) is 10.7. The molecule has 0 aliphatic carbocycles. The highest BCUT2D eigenvalue weighted by atomic mass is 16.4. The summed E-state index contributed by atoms with van der Waals surface area (Å²) in [5, 5.41) is 35.8.